The molecule has 3 rings (SSSR count). The smallest absolute Gasteiger partial charge is 0.225 e. The number of aromatic nitrogens is 2. The number of nitrogens with one attached hydrogen (secondary N) is 1. The molecule has 1 atom stereocenters. The summed E-state index contributed by atoms with van der Waals surface area (Å²) >= 11 is 0. The van der Waals surface area contributed by atoms with E-state index in [1.807, 2.05) is 6.20 Å². The molecule has 2 aliphatic rings. The number of piperidine rings is 1. The van der Waals surface area contributed by atoms with Crippen LogP contribution in [-0.4, -0.2) is 53.6 Å². The first-order chi connectivity index (χ1) is 10.3. The van der Waals surface area contributed by atoms with Crippen molar-refractivity contribution >= 4 is 5.95 Å². The van der Waals surface area contributed by atoms with Gasteiger partial charge in [-0.3, -0.25) is 4.90 Å². The van der Waals surface area contributed by atoms with E-state index in [0.717, 1.165) is 44.4 Å². The number of hydrogen-bond donors (Lipinski definition) is 1. The summed E-state index contributed by atoms with van der Waals surface area (Å²) in [6.07, 6.45) is 6.06. The zero-order valence-electron chi connectivity index (χ0n) is 13.3. The molecule has 0 aliphatic carbocycles. The fourth-order valence-electron chi connectivity index (χ4n) is 3.40. The van der Waals surface area contributed by atoms with Gasteiger partial charge in [0.05, 0.1) is 0 Å². The van der Waals surface area contributed by atoms with E-state index in [-0.39, 0.29) is 0 Å². The van der Waals surface area contributed by atoms with Gasteiger partial charge in [-0.25, -0.2) is 9.97 Å². The molecule has 1 aromatic heterocycles. The summed E-state index contributed by atoms with van der Waals surface area (Å²) in [5.41, 5.74) is 2.31. The van der Waals surface area contributed by atoms with Crippen molar-refractivity contribution in [3.63, 3.8) is 0 Å². The van der Waals surface area contributed by atoms with Crippen LogP contribution in [0.5, 0.6) is 0 Å². The summed E-state index contributed by atoms with van der Waals surface area (Å²) in [4.78, 5) is 14.4. The summed E-state index contributed by atoms with van der Waals surface area (Å²) in [5, 5.41) is 3.34. The SMILES string of the molecule is CCNCc1cnc(N2CCN3CCCCC3C2)nc1C. The molecule has 2 aliphatic heterocycles. The monoisotopic (exact) mass is 289 g/mol. The zero-order chi connectivity index (χ0) is 14.7. The molecular formula is C16H27N5. The third kappa shape index (κ3) is 3.35. The Balaban J connectivity index is 1.67. The van der Waals surface area contributed by atoms with Gasteiger partial charge in [0.25, 0.3) is 0 Å². The van der Waals surface area contributed by atoms with Crippen LogP contribution in [0.2, 0.25) is 0 Å². The van der Waals surface area contributed by atoms with Gasteiger partial charge in [0.1, 0.15) is 0 Å². The number of nitrogens with zero attached hydrogens (tertiary/aromatic N) is 4. The predicted octanol–water partition coefficient (Wildman–Crippen LogP) is 1.57. The number of anilines is 1. The minimum Gasteiger partial charge on any atom is -0.338 e. The summed E-state index contributed by atoms with van der Waals surface area (Å²) in [6, 6.07) is 0.706. The van der Waals surface area contributed by atoms with Crippen molar-refractivity contribution in [1.82, 2.24) is 20.2 Å². The van der Waals surface area contributed by atoms with Crippen LogP contribution >= 0.6 is 0 Å². The molecule has 116 valence electrons. The molecule has 1 aromatic rings. The van der Waals surface area contributed by atoms with E-state index < -0.39 is 0 Å². The molecule has 2 saturated heterocycles. The minimum atomic E-state index is 0.706. The summed E-state index contributed by atoms with van der Waals surface area (Å²) in [7, 11) is 0. The van der Waals surface area contributed by atoms with Crippen molar-refractivity contribution in [2.45, 2.75) is 45.7 Å². The third-order valence-electron chi connectivity index (χ3n) is 4.75. The Morgan fingerprint density at radius 2 is 2.19 bits per heavy atom. The van der Waals surface area contributed by atoms with Gasteiger partial charge in [-0.15, -0.1) is 0 Å². The molecule has 0 spiro atoms. The van der Waals surface area contributed by atoms with Crippen LogP contribution in [0.3, 0.4) is 0 Å². The van der Waals surface area contributed by atoms with Crippen molar-refractivity contribution in [3.05, 3.63) is 17.5 Å². The number of rotatable bonds is 4. The first-order valence-electron chi connectivity index (χ1n) is 8.30. The maximum atomic E-state index is 4.74. The van der Waals surface area contributed by atoms with Gasteiger partial charge < -0.3 is 10.2 Å². The quantitative estimate of drug-likeness (QED) is 0.911. The molecule has 0 aromatic carbocycles. The second kappa shape index (κ2) is 6.71. The molecule has 2 fully saturated rings. The lowest BCUT2D eigenvalue weighted by Crippen LogP contribution is -2.55. The topological polar surface area (TPSA) is 44.3 Å². The van der Waals surface area contributed by atoms with Crippen LogP contribution in [0.1, 0.15) is 37.4 Å². The Bertz CT molecular complexity index is 476. The summed E-state index contributed by atoms with van der Waals surface area (Å²) in [5.74, 6) is 0.915. The lowest BCUT2D eigenvalue weighted by molar-refractivity contribution is 0.133. The van der Waals surface area contributed by atoms with Crippen molar-refractivity contribution in [2.24, 2.45) is 0 Å². The van der Waals surface area contributed by atoms with Gasteiger partial charge in [-0.1, -0.05) is 13.3 Å². The molecule has 3 heterocycles. The largest absolute Gasteiger partial charge is 0.338 e. The van der Waals surface area contributed by atoms with Gasteiger partial charge in [-0.2, -0.15) is 0 Å². The van der Waals surface area contributed by atoms with E-state index in [0.29, 0.717) is 6.04 Å². The minimum absolute atomic E-state index is 0.706. The highest BCUT2D eigenvalue weighted by Crippen LogP contribution is 2.23. The average Bonchev–Trinajstić information content (AvgIpc) is 2.53. The lowest BCUT2D eigenvalue weighted by atomic mass is 10.00. The molecule has 0 bridgehead atoms. The highest BCUT2D eigenvalue weighted by Gasteiger charge is 2.29. The van der Waals surface area contributed by atoms with E-state index in [9.17, 15) is 0 Å². The van der Waals surface area contributed by atoms with Gasteiger partial charge in [0.15, 0.2) is 0 Å². The highest BCUT2D eigenvalue weighted by molar-refractivity contribution is 5.34. The first-order valence-corrected chi connectivity index (χ1v) is 8.30. The Morgan fingerprint density at radius 3 is 3.00 bits per heavy atom. The van der Waals surface area contributed by atoms with Gasteiger partial charge in [0, 0.05) is 49.7 Å². The predicted molar refractivity (Wildman–Crippen MR) is 85.6 cm³/mol. The Hall–Kier alpha value is -1.20. The molecule has 0 amide bonds. The van der Waals surface area contributed by atoms with E-state index in [2.05, 4.69) is 33.9 Å². The van der Waals surface area contributed by atoms with Crippen molar-refractivity contribution in [1.29, 1.82) is 0 Å². The van der Waals surface area contributed by atoms with Crippen LogP contribution in [0.15, 0.2) is 6.20 Å². The van der Waals surface area contributed by atoms with Gasteiger partial charge in [-0.05, 0) is 32.9 Å². The van der Waals surface area contributed by atoms with E-state index in [1.165, 1.54) is 31.4 Å². The fraction of sp³-hybridized carbons (Fsp3) is 0.750. The third-order valence-corrected chi connectivity index (χ3v) is 4.75. The lowest BCUT2D eigenvalue weighted by Gasteiger charge is -2.44. The first kappa shape index (κ1) is 14.7. The normalized spacial score (nSPS) is 23.1. The molecule has 5 nitrogen and oxygen atoms in total. The fourth-order valence-corrected chi connectivity index (χ4v) is 3.40. The Morgan fingerprint density at radius 1 is 1.29 bits per heavy atom. The van der Waals surface area contributed by atoms with Crippen LogP contribution in [0, 0.1) is 6.92 Å². The zero-order valence-corrected chi connectivity index (χ0v) is 13.3. The Kier molecular flexibility index (Phi) is 4.70. The van der Waals surface area contributed by atoms with Crippen molar-refractivity contribution in [2.75, 3.05) is 37.6 Å². The van der Waals surface area contributed by atoms with E-state index in [1.54, 1.807) is 0 Å². The second-order valence-corrected chi connectivity index (χ2v) is 6.19. The average molecular weight is 289 g/mol. The summed E-state index contributed by atoms with van der Waals surface area (Å²) in [6.45, 7) is 10.6. The van der Waals surface area contributed by atoms with Crippen molar-refractivity contribution < 1.29 is 0 Å². The molecule has 5 heteroatoms. The molecule has 0 saturated carbocycles. The van der Waals surface area contributed by atoms with Crippen LogP contribution in [0.4, 0.5) is 5.95 Å². The van der Waals surface area contributed by atoms with Crippen LogP contribution in [-0.2, 0) is 6.54 Å². The molecule has 21 heavy (non-hydrogen) atoms. The van der Waals surface area contributed by atoms with E-state index >= 15 is 0 Å². The maximum Gasteiger partial charge on any atom is 0.225 e. The summed E-state index contributed by atoms with van der Waals surface area (Å²) < 4.78 is 0. The Labute approximate surface area is 127 Å². The molecule has 0 radical (unpaired) electrons. The number of fused-ring (bicyclic) bond motifs is 1. The van der Waals surface area contributed by atoms with Gasteiger partial charge in [0.2, 0.25) is 5.95 Å². The number of hydrogen-bond acceptors (Lipinski definition) is 5. The van der Waals surface area contributed by atoms with Crippen molar-refractivity contribution in [3.8, 4) is 0 Å². The number of piperazine rings is 1. The second-order valence-electron chi connectivity index (χ2n) is 6.19. The molecule has 1 N–H and O–H groups in total. The maximum absolute atomic E-state index is 4.74. The highest BCUT2D eigenvalue weighted by atomic mass is 15.3. The standard InChI is InChI=1S/C16H27N5/c1-3-17-10-14-11-18-16(19-13(14)2)21-9-8-20-7-5-4-6-15(20)12-21/h11,15,17H,3-10,12H2,1-2H3. The molecule has 1 unspecified atom stereocenters. The van der Waals surface area contributed by atoms with Crippen LogP contribution in [0.25, 0.3) is 0 Å². The van der Waals surface area contributed by atoms with Crippen LogP contribution < -0.4 is 10.2 Å². The number of aryl methyl sites for hydroxylation is 1. The molecular weight excluding hydrogens is 262 g/mol. The van der Waals surface area contributed by atoms with E-state index in [4.69, 9.17) is 4.98 Å². The van der Waals surface area contributed by atoms with Gasteiger partial charge >= 0.3 is 0 Å².